The fraction of sp³-hybridized carbons (Fsp3) is 0.316. The maximum absolute atomic E-state index is 12.6. The molecule has 0 spiro atoms. The van der Waals surface area contributed by atoms with Crippen LogP contribution in [0.4, 0.5) is 0 Å². The van der Waals surface area contributed by atoms with Crippen molar-refractivity contribution in [3.63, 3.8) is 0 Å². The van der Waals surface area contributed by atoms with Gasteiger partial charge in [0.15, 0.2) is 0 Å². The van der Waals surface area contributed by atoms with E-state index in [4.69, 9.17) is 0 Å². The number of hydrazone groups is 1. The van der Waals surface area contributed by atoms with Crippen LogP contribution in [0.5, 0.6) is 0 Å². The number of aromatic amines is 1. The molecule has 3 rings (SSSR count). The van der Waals surface area contributed by atoms with Gasteiger partial charge in [0.1, 0.15) is 5.71 Å². The van der Waals surface area contributed by atoms with E-state index in [2.05, 4.69) is 20.8 Å². The van der Waals surface area contributed by atoms with E-state index in [0.29, 0.717) is 23.4 Å². The largest absolute Gasteiger partial charge is 0.358 e. The molecule has 2 amide bonds. The van der Waals surface area contributed by atoms with Gasteiger partial charge in [0.25, 0.3) is 11.8 Å². The van der Waals surface area contributed by atoms with Gasteiger partial charge in [-0.2, -0.15) is 5.10 Å². The first kappa shape index (κ1) is 19.1. The Morgan fingerprint density at radius 1 is 1.37 bits per heavy atom. The van der Waals surface area contributed by atoms with Crippen LogP contribution in [0.3, 0.4) is 0 Å². The van der Waals surface area contributed by atoms with Gasteiger partial charge >= 0.3 is 0 Å². The standard InChI is InChI=1S/C19H23N5O2S/c1-11-14(21-12(2)16(11)19(26)20-7-8-24(3)4)10-13-17(22-23-18(13)25)15-6-5-9-27-15/h5-6,9-10,21H,7-8H2,1-4H3,(H,20,26)(H,23,25). The zero-order valence-corrected chi connectivity index (χ0v) is 16.7. The third-order valence-corrected chi connectivity index (χ3v) is 5.24. The Morgan fingerprint density at radius 2 is 2.15 bits per heavy atom. The number of thiophene rings is 1. The van der Waals surface area contributed by atoms with Gasteiger partial charge in [-0.1, -0.05) is 6.07 Å². The molecule has 0 radical (unpaired) electrons. The third kappa shape index (κ3) is 4.01. The van der Waals surface area contributed by atoms with Crippen LogP contribution in [-0.2, 0) is 4.79 Å². The Hall–Kier alpha value is -2.71. The van der Waals surface area contributed by atoms with Gasteiger partial charge in [-0.15, -0.1) is 11.3 Å². The van der Waals surface area contributed by atoms with E-state index in [0.717, 1.165) is 28.4 Å². The molecule has 7 nitrogen and oxygen atoms in total. The molecule has 27 heavy (non-hydrogen) atoms. The van der Waals surface area contributed by atoms with E-state index in [1.54, 1.807) is 6.08 Å². The number of aryl methyl sites for hydroxylation is 1. The van der Waals surface area contributed by atoms with E-state index in [9.17, 15) is 9.59 Å². The molecule has 1 aliphatic rings. The monoisotopic (exact) mass is 385 g/mol. The molecule has 0 saturated carbocycles. The lowest BCUT2D eigenvalue weighted by Crippen LogP contribution is -2.31. The Kier molecular flexibility index (Phi) is 5.57. The summed E-state index contributed by atoms with van der Waals surface area (Å²) < 4.78 is 0. The van der Waals surface area contributed by atoms with Crippen LogP contribution < -0.4 is 10.7 Å². The van der Waals surface area contributed by atoms with Crippen molar-refractivity contribution in [1.29, 1.82) is 0 Å². The number of carbonyl (C=O) groups excluding carboxylic acids is 2. The quantitative estimate of drug-likeness (QED) is 0.664. The summed E-state index contributed by atoms with van der Waals surface area (Å²) >= 11 is 1.52. The molecule has 1 aliphatic heterocycles. The number of amides is 2. The molecular weight excluding hydrogens is 362 g/mol. The van der Waals surface area contributed by atoms with E-state index < -0.39 is 0 Å². The van der Waals surface area contributed by atoms with Crippen LogP contribution in [-0.4, -0.2) is 54.6 Å². The van der Waals surface area contributed by atoms with Gasteiger partial charge in [0.2, 0.25) is 0 Å². The number of likely N-dealkylation sites (N-methyl/N-ethyl adjacent to an activating group) is 1. The summed E-state index contributed by atoms with van der Waals surface area (Å²) in [6.45, 7) is 5.08. The molecule has 0 bridgehead atoms. The lowest BCUT2D eigenvalue weighted by atomic mass is 10.0. The zero-order valence-electron chi connectivity index (χ0n) is 15.8. The molecule has 0 atom stereocenters. The van der Waals surface area contributed by atoms with Crippen molar-refractivity contribution in [3.05, 3.63) is 50.5 Å². The van der Waals surface area contributed by atoms with Crippen LogP contribution >= 0.6 is 11.3 Å². The van der Waals surface area contributed by atoms with Crippen LogP contribution in [0, 0.1) is 13.8 Å². The molecule has 3 N–H and O–H groups in total. The molecule has 0 unspecified atom stereocenters. The molecule has 2 aromatic heterocycles. The highest BCUT2D eigenvalue weighted by Crippen LogP contribution is 2.24. The van der Waals surface area contributed by atoms with E-state index >= 15 is 0 Å². The van der Waals surface area contributed by atoms with Gasteiger partial charge in [0, 0.05) is 24.5 Å². The summed E-state index contributed by atoms with van der Waals surface area (Å²) in [5, 5.41) is 9.03. The maximum atomic E-state index is 12.6. The lowest BCUT2D eigenvalue weighted by Gasteiger charge is -2.10. The van der Waals surface area contributed by atoms with Gasteiger partial charge in [0.05, 0.1) is 16.0 Å². The first-order valence-corrected chi connectivity index (χ1v) is 9.52. The molecule has 0 fully saturated rings. The smallest absolute Gasteiger partial charge is 0.273 e. The van der Waals surface area contributed by atoms with Gasteiger partial charge in [-0.3, -0.25) is 9.59 Å². The molecule has 0 aromatic carbocycles. The zero-order chi connectivity index (χ0) is 19.6. The summed E-state index contributed by atoms with van der Waals surface area (Å²) in [4.78, 5) is 31.0. The molecular formula is C19H23N5O2S. The van der Waals surface area contributed by atoms with Crippen molar-refractivity contribution in [2.24, 2.45) is 5.10 Å². The lowest BCUT2D eigenvalue weighted by molar-refractivity contribution is -0.116. The fourth-order valence-corrected chi connectivity index (χ4v) is 3.68. The second kappa shape index (κ2) is 7.89. The normalized spacial score (nSPS) is 15.4. The van der Waals surface area contributed by atoms with Crippen molar-refractivity contribution in [1.82, 2.24) is 20.6 Å². The average molecular weight is 385 g/mol. The van der Waals surface area contributed by atoms with Crippen LogP contribution in [0.15, 0.2) is 28.2 Å². The Labute approximate surface area is 162 Å². The van der Waals surface area contributed by atoms with E-state index in [1.807, 2.05) is 50.4 Å². The second-order valence-electron chi connectivity index (χ2n) is 6.66. The van der Waals surface area contributed by atoms with Crippen LogP contribution in [0.25, 0.3) is 6.08 Å². The molecule has 0 aliphatic carbocycles. The third-order valence-electron chi connectivity index (χ3n) is 4.36. The first-order valence-electron chi connectivity index (χ1n) is 8.64. The van der Waals surface area contributed by atoms with Crippen molar-refractivity contribution >= 4 is 34.9 Å². The predicted octanol–water partition coefficient (Wildman–Crippen LogP) is 1.90. The number of rotatable bonds is 6. The average Bonchev–Trinajstić information content (AvgIpc) is 3.30. The van der Waals surface area contributed by atoms with Gasteiger partial charge in [-0.05, 0) is 51.0 Å². The number of hydrogen-bond donors (Lipinski definition) is 3. The highest BCUT2D eigenvalue weighted by atomic mass is 32.1. The molecule has 8 heteroatoms. The highest BCUT2D eigenvalue weighted by molar-refractivity contribution is 7.12. The Morgan fingerprint density at radius 3 is 2.81 bits per heavy atom. The molecule has 3 heterocycles. The molecule has 142 valence electrons. The topological polar surface area (TPSA) is 89.6 Å². The number of nitrogens with zero attached hydrogens (tertiary/aromatic N) is 2. The number of aromatic nitrogens is 1. The minimum absolute atomic E-state index is 0.115. The summed E-state index contributed by atoms with van der Waals surface area (Å²) in [7, 11) is 3.92. The predicted molar refractivity (Wildman–Crippen MR) is 108 cm³/mol. The van der Waals surface area contributed by atoms with Gasteiger partial charge < -0.3 is 15.2 Å². The number of H-pyrrole nitrogens is 1. The second-order valence-corrected chi connectivity index (χ2v) is 7.61. The summed E-state index contributed by atoms with van der Waals surface area (Å²) in [6, 6.07) is 3.84. The first-order chi connectivity index (χ1) is 12.9. The number of carbonyl (C=O) groups is 2. The number of nitrogens with one attached hydrogen (secondary N) is 3. The van der Waals surface area contributed by atoms with Crippen molar-refractivity contribution < 1.29 is 9.59 Å². The minimum atomic E-state index is -0.248. The molecule has 0 saturated heterocycles. The summed E-state index contributed by atoms with van der Waals surface area (Å²) in [5.74, 6) is -0.363. The van der Waals surface area contributed by atoms with Crippen LogP contribution in [0.2, 0.25) is 0 Å². The van der Waals surface area contributed by atoms with E-state index in [1.165, 1.54) is 11.3 Å². The van der Waals surface area contributed by atoms with Crippen molar-refractivity contribution in [3.8, 4) is 0 Å². The SMILES string of the molecule is Cc1[nH]c(C=C2C(=O)NN=C2c2cccs2)c(C)c1C(=O)NCCN(C)C. The Balaban J connectivity index is 1.88. The van der Waals surface area contributed by atoms with Gasteiger partial charge in [-0.25, -0.2) is 5.43 Å². The summed E-state index contributed by atoms with van der Waals surface area (Å²) in [5.41, 5.74) is 6.57. The van der Waals surface area contributed by atoms with Crippen molar-refractivity contribution in [2.45, 2.75) is 13.8 Å². The van der Waals surface area contributed by atoms with Crippen LogP contribution in [0.1, 0.15) is 32.2 Å². The van der Waals surface area contributed by atoms with E-state index in [-0.39, 0.29) is 11.8 Å². The fourth-order valence-electron chi connectivity index (χ4n) is 2.95. The maximum Gasteiger partial charge on any atom is 0.273 e. The summed E-state index contributed by atoms with van der Waals surface area (Å²) in [6.07, 6.45) is 1.76. The van der Waals surface area contributed by atoms with Crippen molar-refractivity contribution in [2.75, 3.05) is 27.2 Å². The number of hydrogen-bond acceptors (Lipinski definition) is 5. The molecule has 2 aromatic rings. The minimum Gasteiger partial charge on any atom is -0.358 e. The highest BCUT2D eigenvalue weighted by Gasteiger charge is 2.26. The Bertz CT molecular complexity index is 922.